The second-order valence-corrected chi connectivity index (χ2v) is 10.3. The van der Waals surface area contributed by atoms with E-state index in [9.17, 15) is 4.79 Å². The van der Waals surface area contributed by atoms with Crippen LogP contribution in [-0.4, -0.2) is 38.7 Å². The molecular weight excluding hydrogens is 422 g/mol. The maximum atomic E-state index is 13.3. The summed E-state index contributed by atoms with van der Waals surface area (Å²) in [6.45, 7) is 7.21. The quantitative estimate of drug-likeness (QED) is 0.474. The summed E-state index contributed by atoms with van der Waals surface area (Å²) in [5, 5.41) is 9.82. The molecule has 0 bridgehead atoms. The van der Waals surface area contributed by atoms with Crippen molar-refractivity contribution in [3.8, 4) is 0 Å². The minimum atomic E-state index is -0.270. The van der Waals surface area contributed by atoms with Crippen molar-refractivity contribution in [2.45, 2.75) is 51.9 Å². The van der Waals surface area contributed by atoms with Crippen molar-refractivity contribution < 1.29 is 4.74 Å². The van der Waals surface area contributed by atoms with Crippen LogP contribution in [0, 0.1) is 0 Å². The predicted molar refractivity (Wildman–Crippen MR) is 127 cm³/mol. The fourth-order valence-electron chi connectivity index (χ4n) is 4.85. The van der Waals surface area contributed by atoms with E-state index in [1.54, 1.807) is 0 Å². The van der Waals surface area contributed by atoms with Gasteiger partial charge in [0.1, 0.15) is 20.9 Å². The Morgan fingerprint density at radius 1 is 1.12 bits per heavy atom. The molecule has 3 aromatic heterocycles. The summed E-state index contributed by atoms with van der Waals surface area (Å²) in [7, 11) is 0. The van der Waals surface area contributed by atoms with Crippen molar-refractivity contribution in [3.63, 3.8) is 0 Å². The van der Waals surface area contributed by atoms with Crippen molar-refractivity contribution >= 4 is 37.6 Å². The Bertz CT molecular complexity index is 1390. The van der Waals surface area contributed by atoms with Gasteiger partial charge in [-0.05, 0) is 37.8 Å². The van der Waals surface area contributed by atoms with Gasteiger partial charge in [-0.3, -0.25) is 4.79 Å². The smallest absolute Gasteiger partial charge is 0.288 e. The lowest BCUT2D eigenvalue weighted by Gasteiger charge is -2.34. The summed E-state index contributed by atoms with van der Waals surface area (Å²) in [4.78, 5) is 21.6. The Kier molecular flexibility index (Phi) is 4.55. The molecule has 0 saturated carbocycles. The van der Waals surface area contributed by atoms with E-state index in [1.165, 1.54) is 34.4 Å². The van der Waals surface area contributed by atoms with Crippen LogP contribution in [0.25, 0.3) is 20.4 Å². The molecule has 2 aliphatic rings. The highest BCUT2D eigenvalue weighted by atomic mass is 32.1. The van der Waals surface area contributed by atoms with E-state index in [1.807, 2.05) is 30.3 Å². The lowest BCUT2D eigenvalue weighted by atomic mass is 9.90. The van der Waals surface area contributed by atoms with E-state index in [2.05, 4.69) is 29.1 Å². The zero-order valence-electron chi connectivity index (χ0n) is 18.3. The average Bonchev–Trinajstić information content (AvgIpc) is 3.43. The molecule has 2 aliphatic heterocycles. The van der Waals surface area contributed by atoms with E-state index in [-0.39, 0.29) is 11.2 Å². The summed E-state index contributed by atoms with van der Waals surface area (Å²) in [5.41, 5.74) is 3.68. The number of pyridine rings is 1. The summed E-state index contributed by atoms with van der Waals surface area (Å²) in [6.07, 6.45) is 3.13. The molecule has 32 heavy (non-hydrogen) atoms. The van der Waals surface area contributed by atoms with Gasteiger partial charge in [-0.25, -0.2) is 9.67 Å². The van der Waals surface area contributed by atoms with Gasteiger partial charge in [0.05, 0.1) is 18.8 Å². The molecule has 5 heterocycles. The third-order valence-electron chi connectivity index (χ3n) is 6.48. The van der Waals surface area contributed by atoms with E-state index < -0.39 is 0 Å². The third kappa shape index (κ3) is 3.20. The number of hydrogen-bond acceptors (Lipinski definition) is 7. The largest absolute Gasteiger partial charge is 0.370 e. The lowest BCUT2D eigenvalue weighted by molar-refractivity contribution is -0.0395. The van der Waals surface area contributed by atoms with Gasteiger partial charge in [-0.1, -0.05) is 35.5 Å². The van der Waals surface area contributed by atoms with Gasteiger partial charge in [0.25, 0.3) is 5.56 Å². The topological polar surface area (TPSA) is 73.1 Å². The monoisotopic (exact) mass is 447 g/mol. The van der Waals surface area contributed by atoms with E-state index >= 15 is 0 Å². The fraction of sp³-hybridized carbons (Fsp3) is 0.417. The van der Waals surface area contributed by atoms with Crippen LogP contribution in [0.15, 0.2) is 35.1 Å². The minimum Gasteiger partial charge on any atom is -0.370 e. The molecule has 0 radical (unpaired) electrons. The van der Waals surface area contributed by atoms with Crippen molar-refractivity contribution in [3.05, 3.63) is 57.4 Å². The van der Waals surface area contributed by atoms with Gasteiger partial charge in [0.15, 0.2) is 0 Å². The predicted octanol–water partition coefficient (Wildman–Crippen LogP) is 3.90. The van der Waals surface area contributed by atoms with Gasteiger partial charge in [0, 0.05) is 30.5 Å². The number of nitrogens with zero attached hydrogens (tertiary/aromatic N) is 5. The van der Waals surface area contributed by atoms with Crippen molar-refractivity contribution in [2.24, 2.45) is 0 Å². The van der Waals surface area contributed by atoms with Gasteiger partial charge in [-0.15, -0.1) is 16.4 Å². The first-order valence-electron chi connectivity index (χ1n) is 11.1. The SMILES string of the molecule is CC1(C)Cc2c(c(N3CCCC3)nc3sc4c(=O)n(Cc5ccccc5)nnc4c23)CO1. The van der Waals surface area contributed by atoms with E-state index in [4.69, 9.17) is 9.72 Å². The molecule has 164 valence electrons. The molecule has 1 fully saturated rings. The van der Waals surface area contributed by atoms with Crippen LogP contribution in [0.5, 0.6) is 0 Å². The second-order valence-electron chi connectivity index (χ2n) is 9.31. The molecule has 7 nitrogen and oxygen atoms in total. The standard InChI is InChI=1S/C24H25N5O2S/c1-24(2)12-16-17(14-31-24)21(28-10-6-7-11-28)25-22-18(16)19-20(32-22)23(30)29(27-26-19)13-15-8-4-3-5-9-15/h3-5,8-9H,6-7,10-14H2,1-2H3. The van der Waals surface area contributed by atoms with Gasteiger partial charge >= 0.3 is 0 Å². The highest BCUT2D eigenvalue weighted by molar-refractivity contribution is 7.25. The molecule has 8 heteroatoms. The van der Waals surface area contributed by atoms with Gasteiger partial charge in [-0.2, -0.15) is 0 Å². The summed E-state index contributed by atoms with van der Waals surface area (Å²) >= 11 is 1.44. The van der Waals surface area contributed by atoms with Crippen LogP contribution in [-0.2, 0) is 24.3 Å². The van der Waals surface area contributed by atoms with Crippen molar-refractivity contribution in [1.82, 2.24) is 20.0 Å². The van der Waals surface area contributed by atoms with E-state index in [0.717, 1.165) is 46.7 Å². The molecular formula is C24H25N5O2S. The van der Waals surface area contributed by atoms with Gasteiger partial charge < -0.3 is 9.64 Å². The average molecular weight is 448 g/mol. The Hall–Kier alpha value is -2.84. The molecule has 0 spiro atoms. The van der Waals surface area contributed by atoms with Gasteiger partial charge in [0.2, 0.25) is 0 Å². The van der Waals surface area contributed by atoms with Crippen LogP contribution in [0.4, 0.5) is 5.82 Å². The number of thiophene rings is 1. The molecule has 1 saturated heterocycles. The highest BCUT2D eigenvalue weighted by Crippen LogP contribution is 2.42. The number of ether oxygens (including phenoxy) is 1. The molecule has 1 aromatic carbocycles. The molecule has 0 aliphatic carbocycles. The van der Waals surface area contributed by atoms with Crippen LogP contribution in [0.2, 0.25) is 0 Å². The van der Waals surface area contributed by atoms with Crippen molar-refractivity contribution in [2.75, 3.05) is 18.0 Å². The molecule has 0 N–H and O–H groups in total. The number of hydrogen-bond donors (Lipinski definition) is 0. The number of fused-ring (bicyclic) bond motifs is 5. The van der Waals surface area contributed by atoms with Crippen LogP contribution >= 0.6 is 11.3 Å². The summed E-state index contributed by atoms with van der Waals surface area (Å²) < 4.78 is 8.25. The maximum absolute atomic E-state index is 13.3. The Morgan fingerprint density at radius 2 is 1.91 bits per heavy atom. The zero-order chi connectivity index (χ0) is 21.9. The molecule has 0 unspecified atom stereocenters. The fourth-order valence-corrected chi connectivity index (χ4v) is 5.93. The first-order chi connectivity index (χ1) is 15.5. The molecule has 0 amide bonds. The number of aromatic nitrogens is 4. The zero-order valence-corrected chi connectivity index (χ0v) is 19.1. The van der Waals surface area contributed by atoms with Crippen LogP contribution in [0.3, 0.4) is 0 Å². The Labute approximate surface area is 189 Å². The number of anilines is 1. The summed E-state index contributed by atoms with van der Waals surface area (Å²) in [6, 6.07) is 9.87. The first kappa shape index (κ1) is 19.8. The van der Waals surface area contributed by atoms with Crippen LogP contribution < -0.4 is 10.5 Å². The lowest BCUT2D eigenvalue weighted by Crippen LogP contribution is -2.34. The molecule has 6 rings (SSSR count). The third-order valence-corrected chi connectivity index (χ3v) is 7.54. The highest BCUT2D eigenvalue weighted by Gasteiger charge is 2.33. The number of rotatable bonds is 3. The van der Waals surface area contributed by atoms with E-state index in [0.29, 0.717) is 23.4 Å². The summed E-state index contributed by atoms with van der Waals surface area (Å²) in [5.74, 6) is 1.02. The van der Waals surface area contributed by atoms with Crippen molar-refractivity contribution in [1.29, 1.82) is 0 Å². The first-order valence-corrected chi connectivity index (χ1v) is 12.0. The normalized spacial score (nSPS) is 17.9. The van der Waals surface area contributed by atoms with Crippen LogP contribution in [0.1, 0.15) is 43.4 Å². The molecule has 0 atom stereocenters. The Morgan fingerprint density at radius 3 is 2.69 bits per heavy atom. The second kappa shape index (κ2) is 7.35. The molecule has 4 aromatic rings. The minimum absolute atomic E-state index is 0.107. The Balaban J connectivity index is 1.57. The number of benzene rings is 1. The maximum Gasteiger partial charge on any atom is 0.288 e.